The standard InChI is InChI=1S/C14H8N4O2/c15-5-9-6-16-11-4-2-1-3-10(11)13(9)18-7-12(14(19)20)17-8-18/h1-4,6-8H,(H,19,20). The maximum atomic E-state index is 10.9. The van der Waals surface area contributed by atoms with Crippen molar-refractivity contribution < 1.29 is 9.90 Å². The Bertz CT molecular complexity index is 861. The van der Waals surface area contributed by atoms with E-state index < -0.39 is 5.97 Å². The van der Waals surface area contributed by atoms with Crippen molar-refractivity contribution in [3.63, 3.8) is 0 Å². The average molecular weight is 264 g/mol. The zero-order chi connectivity index (χ0) is 14.1. The highest BCUT2D eigenvalue weighted by molar-refractivity contribution is 5.90. The monoisotopic (exact) mass is 264 g/mol. The van der Waals surface area contributed by atoms with E-state index in [1.807, 2.05) is 24.3 Å². The fraction of sp³-hybridized carbons (Fsp3) is 0. The van der Waals surface area contributed by atoms with E-state index in [0.717, 1.165) is 10.9 Å². The molecule has 0 bridgehead atoms. The number of carboxylic acids is 1. The number of hydrogen-bond donors (Lipinski definition) is 1. The van der Waals surface area contributed by atoms with Crippen LogP contribution in [0.4, 0.5) is 0 Å². The molecule has 1 aromatic carbocycles. The Balaban J connectivity index is 2.33. The molecule has 0 aliphatic carbocycles. The zero-order valence-electron chi connectivity index (χ0n) is 10.2. The molecule has 6 heteroatoms. The first-order valence-electron chi connectivity index (χ1n) is 5.76. The van der Waals surface area contributed by atoms with Gasteiger partial charge >= 0.3 is 5.97 Å². The zero-order valence-corrected chi connectivity index (χ0v) is 10.2. The number of para-hydroxylation sites is 1. The van der Waals surface area contributed by atoms with Crippen molar-refractivity contribution in [3.05, 3.63) is 54.2 Å². The van der Waals surface area contributed by atoms with Crippen molar-refractivity contribution in [1.82, 2.24) is 14.5 Å². The second-order valence-electron chi connectivity index (χ2n) is 4.12. The molecule has 0 radical (unpaired) electrons. The van der Waals surface area contributed by atoms with Gasteiger partial charge in [0.25, 0.3) is 0 Å². The summed E-state index contributed by atoms with van der Waals surface area (Å²) in [6.45, 7) is 0. The number of pyridine rings is 1. The van der Waals surface area contributed by atoms with Crippen molar-refractivity contribution in [1.29, 1.82) is 5.26 Å². The van der Waals surface area contributed by atoms with Crippen LogP contribution < -0.4 is 0 Å². The van der Waals surface area contributed by atoms with E-state index in [-0.39, 0.29) is 5.69 Å². The second kappa shape index (κ2) is 4.48. The van der Waals surface area contributed by atoms with Crippen LogP contribution >= 0.6 is 0 Å². The van der Waals surface area contributed by atoms with Gasteiger partial charge in [0.05, 0.1) is 16.8 Å². The number of benzene rings is 1. The first kappa shape index (κ1) is 11.9. The molecule has 3 rings (SSSR count). The molecule has 0 aliphatic heterocycles. The smallest absolute Gasteiger partial charge is 0.356 e. The molecule has 0 aliphatic rings. The Kier molecular flexibility index (Phi) is 2.66. The predicted octanol–water partition coefficient (Wildman–Crippen LogP) is 1.99. The summed E-state index contributed by atoms with van der Waals surface area (Å²) in [6, 6.07) is 9.41. The highest BCUT2D eigenvalue weighted by Crippen LogP contribution is 2.24. The number of aromatic carboxylic acids is 1. The number of rotatable bonds is 2. The van der Waals surface area contributed by atoms with Crippen molar-refractivity contribution >= 4 is 16.9 Å². The summed E-state index contributed by atoms with van der Waals surface area (Å²) in [6.07, 6.45) is 4.23. The lowest BCUT2D eigenvalue weighted by molar-refractivity contribution is 0.0691. The van der Waals surface area contributed by atoms with Crippen LogP contribution in [0.25, 0.3) is 16.6 Å². The molecular weight excluding hydrogens is 256 g/mol. The van der Waals surface area contributed by atoms with Gasteiger partial charge in [0.1, 0.15) is 12.4 Å². The molecule has 96 valence electrons. The predicted molar refractivity (Wildman–Crippen MR) is 70.5 cm³/mol. The quantitative estimate of drug-likeness (QED) is 0.764. The molecule has 0 unspecified atom stereocenters. The van der Waals surface area contributed by atoms with Crippen molar-refractivity contribution in [2.45, 2.75) is 0 Å². The number of aromatic nitrogens is 3. The first-order chi connectivity index (χ1) is 9.70. The third kappa shape index (κ3) is 1.78. The van der Waals surface area contributed by atoms with Crippen molar-refractivity contribution in [3.8, 4) is 11.8 Å². The maximum absolute atomic E-state index is 10.9. The van der Waals surface area contributed by atoms with Crippen LogP contribution in [0.1, 0.15) is 16.1 Å². The number of imidazole rings is 1. The van der Waals surface area contributed by atoms with Gasteiger partial charge in [-0.05, 0) is 6.07 Å². The molecule has 20 heavy (non-hydrogen) atoms. The second-order valence-corrected chi connectivity index (χ2v) is 4.12. The summed E-state index contributed by atoms with van der Waals surface area (Å²) in [4.78, 5) is 18.9. The molecule has 1 N–H and O–H groups in total. The minimum absolute atomic E-state index is 0.0743. The Morgan fingerprint density at radius 3 is 2.80 bits per heavy atom. The van der Waals surface area contributed by atoms with E-state index >= 15 is 0 Å². The van der Waals surface area contributed by atoms with Gasteiger partial charge in [0, 0.05) is 17.8 Å². The molecule has 0 atom stereocenters. The normalized spacial score (nSPS) is 10.3. The van der Waals surface area contributed by atoms with Crippen molar-refractivity contribution in [2.75, 3.05) is 0 Å². The fourth-order valence-corrected chi connectivity index (χ4v) is 2.04. The van der Waals surface area contributed by atoms with Crippen LogP contribution in [-0.4, -0.2) is 25.6 Å². The summed E-state index contributed by atoms with van der Waals surface area (Å²) in [5.74, 6) is -1.11. The molecule has 6 nitrogen and oxygen atoms in total. The maximum Gasteiger partial charge on any atom is 0.356 e. The first-order valence-corrected chi connectivity index (χ1v) is 5.76. The minimum atomic E-state index is -1.11. The van der Waals surface area contributed by atoms with E-state index in [9.17, 15) is 10.1 Å². The summed E-state index contributed by atoms with van der Waals surface area (Å²) in [5, 5.41) is 18.9. The molecule has 0 fully saturated rings. The van der Waals surface area contributed by atoms with E-state index in [1.165, 1.54) is 23.3 Å². The lowest BCUT2D eigenvalue weighted by Gasteiger charge is -2.08. The summed E-state index contributed by atoms with van der Waals surface area (Å²) in [7, 11) is 0. The van der Waals surface area contributed by atoms with E-state index in [1.54, 1.807) is 0 Å². The Hall–Kier alpha value is -3.20. The van der Waals surface area contributed by atoms with Gasteiger partial charge < -0.3 is 9.67 Å². The summed E-state index contributed by atoms with van der Waals surface area (Å²) >= 11 is 0. The number of hydrogen-bond acceptors (Lipinski definition) is 4. The average Bonchev–Trinajstić information content (AvgIpc) is 2.95. The van der Waals surface area contributed by atoms with Crippen LogP contribution in [-0.2, 0) is 0 Å². The molecule has 0 spiro atoms. The van der Waals surface area contributed by atoms with Gasteiger partial charge in [-0.25, -0.2) is 9.78 Å². The van der Waals surface area contributed by atoms with Gasteiger partial charge in [-0.3, -0.25) is 4.98 Å². The van der Waals surface area contributed by atoms with Crippen LogP contribution in [0, 0.1) is 11.3 Å². The number of fused-ring (bicyclic) bond motifs is 1. The highest BCUT2D eigenvalue weighted by Gasteiger charge is 2.13. The lowest BCUT2D eigenvalue weighted by atomic mass is 10.1. The van der Waals surface area contributed by atoms with E-state index in [4.69, 9.17) is 5.11 Å². The van der Waals surface area contributed by atoms with Gasteiger partial charge in [0.15, 0.2) is 5.69 Å². The fourth-order valence-electron chi connectivity index (χ4n) is 2.04. The van der Waals surface area contributed by atoms with Gasteiger partial charge in [-0.2, -0.15) is 5.26 Å². The molecule has 2 aromatic heterocycles. The molecule has 2 heterocycles. The summed E-state index contributed by atoms with van der Waals surface area (Å²) in [5.41, 5.74) is 1.60. The van der Waals surface area contributed by atoms with Crippen molar-refractivity contribution in [2.24, 2.45) is 0 Å². The summed E-state index contributed by atoms with van der Waals surface area (Å²) < 4.78 is 1.53. The number of carbonyl (C=O) groups is 1. The number of nitriles is 1. The molecule has 0 saturated carbocycles. The largest absolute Gasteiger partial charge is 0.476 e. The number of carboxylic acid groups (broad SMARTS) is 1. The Morgan fingerprint density at radius 2 is 2.10 bits per heavy atom. The van der Waals surface area contributed by atoms with Crippen LogP contribution in [0.3, 0.4) is 0 Å². The topological polar surface area (TPSA) is 91.8 Å². The van der Waals surface area contributed by atoms with E-state index in [0.29, 0.717) is 11.3 Å². The SMILES string of the molecule is N#Cc1cnc2ccccc2c1-n1cnc(C(=O)O)c1. The molecular formula is C14H8N4O2. The number of nitrogens with zero attached hydrogens (tertiary/aromatic N) is 4. The Morgan fingerprint density at radius 1 is 1.30 bits per heavy atom. The Labute approximate surface area is 113 Å². The third-order valence-electron chi connectivity index (χ3n) is 2.93. The lowest BCUT2D eigenvalue weighted by Crippen LogP contribution is -1.99. The van der Waals surface area contributed by atoms with Crippen LogP contribution in [0.2, 0.25) is 0 Å². The minimum Gasteiger partial charge on any atom is -0.476 e. The van der Waals surface area contributed by atoms with Crippen LogP contribution in [0.15, 0.2) is 43.0 Å². The van der Waals surface area contributed by atoms with Crippen LogP contribution in [0.5, 0.6) is 0 Å². The van der Waals surface area contributed by atoms with Gasteiger partial charge in [-0.15, -0.1) is 0 Å². The molecule has 3 aromatic rings. The van der Waals surface area contributed by atoms with Gasteiger partial charge in [-0.1, -0.05) is 18.2 Å². The third-order valence-corrected chi connectivity index (χ3v) is 2.93. The highest BCUT2D eigenvalue weighted by atomic mass is 16.4. The molecule has 0 saturated heterocycles. The van der Waals surface area contributed by atoms with E-state index in [2.05, 4.69) is 16.0 Å². The molecule has 0 amide bonds. The van der Waals surface area contributed by atoms with Gasteiger partial charge in [0.2, 0.25) is 0 Å².